The summed E-state index contributed by atoms with van der Waals surface area (Å²) in [6.45, 7) is 4.84. The van der Waals surface area contributed by atoms with Crippen molar-refractivity contribution in [2.45, 2.75) is 116 Å². The zero-order valence-corrected chi connectivity index (χ0v) is 25.6. The molecule has 7 nitrogen and oxygen atoms in total. The largest absolute Gasteiger partial charge is 0.382 e. The van der Waals surface area contributed by atoms with E-state index in [1.165, 1.54) is 102 Å². The second-order valence-electron chi connectivity index (χ2n) is 9.88. The number of ether oxygens (including phenoxy) is 1. The van der Waals surface area contributed by atoms with Crippen molar-refractivity contribution in [1.29, 1.82) is 0 Å². The van der Waals surface area contributed by atoms with Gasteiger partial charge in [0, 0.05) is 11.5 Å². The molecule has 1 unspecified atom stereocenters. The van der Waals surface area contributed by atoms with Gasteiger partial charge in [0.25, 0.3) is 0 Å². The van der Waals surface area contributed by atoms with Crippen LogP contribution in [0.15, 0.2) is 12.7 Å². The van der Waals surface area contributed by atoms with Crippen molar-refractivity contribution in [3.05, 3.63) is 12.7 Å². The molecule has 0 aliphatic heterocycles. The fourth-order valence-electron chi connectivity index (χ4n) is 4.25. The summed E-state index contributed by atoms with van der Waals surface area (Å²) in [6.07, 6.45) is 23.7. The van der Waals surface area contributed by atoms with Gasteiger partial charge in [0.1, 0.15) is 11.8 Å². The Balaban J connectivity index is 1.35. The van der Waals surface area contributed by atoms with Crippen molar-refractivity contribution in [2.75, 3.05) is 29.7 Å². The summed E-state index contributed by atoms with van der Waals surface area (Å²) in [4.78, 5) is 12.5. The van der Waals surface area contributed by atoms with E-state index < -0.39 is 7.80 Å². The minimum absolute atomic E-state index is 0.0881. The number of unbranched alkanes of at least 4 members (excludes halogenated alkanes) is 13. The van der Waals surface area contributed by atoms with Crippen LogP contribution in [0, 0.1) is 0 Å². The van der Waals surface area contributed by atoms with E-state index in [-0.39, 0.29) is 6.10 Å². The molecule has 0 spiro atoms. The maximum Gasteiger partial charge on any atom is 0.367 e. The summed E-state index contributed by atoms with van der Waals surface area (Å²) in [5.41, 5.74) is 7.13. The molecule has 0 aromatic carbocycles. The topological polar surface area (TPSA) is 95.9 Å². The molecule has 2 heterocycles. The lowest BCUT2D eigenvalue weighted by molar-refractivity contribution is 0.0881. The standard InChI is InChI=1S/C27H49N5O2PS2/c1-3-4-5-6-7-8-9-10-11-12-13-14-15-16-18-36-37-19-17-35(33)23-34-24(2)20-32-22-31-25-26(28)29-21-30-27(25)32/h21-22,24H,3-20,23H2,1-2H3,(H2,28,29,30)/q+1/t24-/m1/s1. The van der Waals surface area contributed by atoms with Crippen molar-refractivity contribution in [2.24, 2.45) is 0 Å². The average molecular weight is 571 g/mol. The Morgan fingerprint density at radius 1 is 0.892 bits per heavy atom. The summed E-state index contributed by atoms with van der Waals surface area (Å²) >= 11 is 0. The third kappa shape index (κ3) is 14.7. The fraction of sp³-hybridized carbons (Fsp3) is 0.815. The Labute approximate surface area is 233 Å². The van der Waals surface area contributed by atoms with Crippen molar-refractivity contribution in [1.82, 2.24) is 19.5 Å². The molecule has 2 aromatic rings. The molecular weight excluding hydrogens is 521 g/mol. The molecule has 210 valence electrons. The predicted molar refractivity (Wildman–Crippen MR) is 163 cm³/mol. The van der Waals surface area contributed by atoms with E-state index >= 15 is 0 Å². The monoisotopic (exact) mass is 570 g/mol. The molecule has 2 rings (SSSR count). The van der Waals surface area contributed by atoms with Crippen LogP contribution in [0.2, 0.25) is 0 Å². The molecule has 2 N–H and O–H groups in total. The van der Waals surface area contributed by atoms with Crippen LogP contribution in [0.5, 0.6) is 0 Å². The highest BCUT2D eigenvalue weighted by atomic mass is 33.1. The molecule has 10 heteroatoms. The van der Waals surface area contributed by atoms with E-state index in [1.54, 1.807) is 6.33 Å². The van der Waals surface area contributed by atoms with Gasteiger partial charge in [-0.25, -0.2) is 15.0 Å². The van der Waals surface area contributed by atoms with Crippen LogP contribution >= 0.6 is 29.4 Å². The molecule has 2 aromatic heterocycles. The molecule has 0 bridgehead atoms. The van der Waals surface area contributed by atoms with Gasteiger partial charge in [-0.05, 0) is 13.3 Å². The highest BCUT2D eigenvalue weighted by Crippen LogP contribution is 2.29. The smallest absolute Gasteiger partial charge is 0.367 e. The average Bonchev–Trinajstić information content (AvgIpc) is 3.30. The number of nitrogens with two attached hydrogens (primary N) is 1. The normalized spacial score (nSPS) is 12.9. The first kappa shape index (κ1) is 32.3. The molecule has 0 amide bonds. The Hall–Kier alpha value is -0.890. The molecule has 0 aliphatic carbocycles. The number of imidazole rings is 1. The van der Waals surface area contributed by atoms with Gasteiger partial charge in [0.05, 0.1) is 19.0 Å². The van der Waals surface area contributed by atoms with Crippen molar-refractivity contribution >= 4 is 46.4 Å². The molecule has 0 saturated heterocycles. The Bertz CT molecular complexity index is 870. The number of hydrogen-bond donors (Lipinski definition) is 1. The van der Waals surface area contributed by atoms with E-state index in [0.29, 0.717) is 36.0 Å². The molecule has 0 saturated carbocycles. The lowest BCUT2D eigenvalue weighted by Crippen LogP contribution is -2.16. The highest BCUT2D eigenvalue weighted by molar-refractivity contribution is 8.76. The number of nitrogen functional groups attached to an aromatic ring is 1. The van der Waals surface area contributed by atoms with Crippen LogP contribution in [0.1, 0.15) is 104 Å². The quantitative estimate of drug-likeness (QED) is 0.0763. The summed E-state index contributed by atoms with van der Waals surface area (Å²) in [5.74, 6) is 2.48. The number of fused-ring (bicyclic) bond motifs is 1. The van der Waals surface area contributed by atoms with E-state index in [2.05, 4.69) is 21.9 Å². The molecule has 2 atom stereocenters. The lowest BCUT2D eigenvalue weighted by atomic mass is 10.0. The van der Waals surface area contributed by atoms with E-state index in [0.717, 1.165) is 5.75 Å². The van der Waals surface area contributed by atoms with Crippen molar-refractivity contribution in [3.63, 3.8) is 0 Å². The van der Waals surface area contributed by atoms with Gasteiger partial charge in [0.15, 0.2) is 17.6 Å². The minimum Gasteiger partial charge on any atom is -0.382 e. The van der Waals surface area contributed by atoms with Crippen LogP contribution in [0.4, 0.5) is 5.82 Å². The first-order chi connectivity index (χ1) is 18.1. The number of rotatable bonds is 24. The van der Waals surface area contributed by atoms with Gasteiger partial charge < -0.3 is 15.0 Å². The summed E-state index contributed by atoms with van der Waals surface area (Å²) in [5, 5.41) is 0. The van der Waals surface area contributed by atoms with Gasteiger partial charge >= 0.3 is 7.80 Å². The van der Waals surface area contributed by atoms with Crippen LogP contribution in [0.25, 0.3) is 11.2 Å². The van der Waals surface area contributed by atoms with Crippen LogP contribution in [-0.4, -0.2) is 49.6 Å². The number of nitrogens with zero attached hydrogens (tertiary/aromatic N) is 4. The minimum atomic E-state index is -1.34. The van der Waals surface area contributed by atoms with Gasteiger partial charge in [-0.15, -0.1) is 0 Å². The SMILES string of the molecule is CCCCCCCCCCCCCCCCSSCC[P+](=O)CO[C@H](C)Cn1cnc2c(N)ncnc21. The number of anilines is 1. The molecule has 0 fully saturated rings. The first-order valence-corrected chi connectivity index (χ1v) is 18.4. The Morgan fingerprint density at radius 2 is 1.49 bits per heavy atom. The summed E-state index contributed by atoms with van der Waals surface area (Å²) < 4.78 is 20.0. The predicted octanol–water partition coefficient (Wildman–Crippen LogP) is 8.46. The summed E-state index contributed by atoms with van der Waals surface area (Å²) in [6, 6.07) is 0. The molecular formula is C27H49N5O2PS2+. The van der Waals surface area contributed by atoms with Crippen LogP contribution in [-0.2, 0) is 15.8 Å². The van der Waals surface area contributed by atoms with Crippen LogP contribution in [0.3, 0.4) is 0 Å². The third-order valence-corrected chi connectivity index (χ3v) is 10.4. The third-order valence-electron chi connectivity index (χ3n) is 6.47. The molecule has 37 heavy (non-hydrogen) atoms. The van der Waals surface area contributed by atoms with Crippen LogP contribution < -0.4 is 5.73 Å². The number of hydrogen-bond acceptors (Lipinski definition) is 8. The molecule has 0 aliphatic rings. The number of aromatic nitrogens is 4. The van der Waals surface area contributed by atoms with Gasteiger partial charge in [-0.1, -0.05) is 117 Å². The van der Waals surface area contributed by atoms with Gasteiger partial charge in [0.2, 0.25) is 6.35 Å². The van der Waals surface area contributed by atoms with Gasteiger partial charge in [-0.3, -0.25) is 0 Å². The summed E-state index contributed by atoms with van der Waals surface area (Å²) in [7, 11) is 2.43. The van der Waals surface area contributed by atoms with E-state index in [1.807, 2.05) is 33.1 Å². The Morgan fingerprint density at radius 3 is 2.14 bits per heavy atom. The maximum absolute atomic E-state index is 12.3. The Kier molecular flexibility index (Phi) is 18.3. The zero-order valence-electron chi connectivity index (χ0n) is 23.1. The van der Waals surface area contributed by atoms with E-state index in [4.69, 9.17) is 10.5 Å². The fourth-order valence-corrected chi connectivity index (χ4v) is 8.20. The maximum atomic E-state index is 12.3. The van der Waals surface area contributed by atoms with Crippen molar-refractivity contribution in [3.8, 4) is 0 Å². The lowest BCUT2D eigenvalue weighted by Gasteiger charge is -2.10. The first-order valence-electron chi connectivity index (χ1n) is 14.3. The van der Waals surface area contributed by atoms with E-state index in [9.17, 15) is 4.57 Å². The zero-order chi connectivity index (χ0) is 26.6. The highest BCUT2D eigenvalue weighted by Gasteiger charge is 2.18. The molecule has 0 radical (unpaired) electrons. The second-order valence-corrected chi connectivity index (χ2v) is 14.3. The second kappa shape index (κ2) is 21.0. The van der Waals surface area contributed by atoms with Crippen molar-refractivity contribution < 1.29 is 9.30 Å². The van der Waals surface area contributed by atoms with Gasteiger partial charge in [-0.2, -0.15) is 0 Å².